The Kier molecular flexibility index (Phi) is 5.97. The fraction of sp³-hybridized carbons (Fsp3) is 0.462. The van der Waals surface area contributed by atoms with Gasteiger partial charge in [0.25, 0.3) is 0 Å². The first kappa shape index (κ1) is 16.5. The highest BCUT2D eigenvalue weighted by molar-refractivity contribution is 7.92. The second kappa shape index (κ2) is 7.25. The summed E-state index contributed by atoms with van der Waals surface area (Å²) in [6.45, 7) is 2.37. The van der Waals surface area contributed by atoms with Crippen LogP contribution in [-0.2, 0) is 19.5 Å². The maximum Gasteiger partial charge on any atom is 0.340 e. The van der Waals surface area contributed by atoms with Crippen LogP contribution in [0.3, 0.4) is 0 Å². The molecule has 1 aromatic rings. The van der Waals surface area contributed by atoms with Gasteiger partial charge < -0.3 is 9.47 Å². The smallest absolute Gasteiger partial charge is 0.340 e. The lowest BCUT2D eigenvalue weighted by molar-refractivity contribution is 0.0601. The second-order valence-electron chi connectivity index (χ2n) is 3.99. The minimum Gasteiger partial charge on any atom is -0.465 e. The molecule has 7 heteroatoms. The van der Waals surface area contributed by atoms with Crippen LogP contribution >= 0.6 is 0 Å². The highest BCUT2D eigenvalue weighted by Crippen LogP contribution is 2.22. The number of para-hydroxylation sites is 1. The molecule has 0 unspecified atom stereocenters. The summed E-state index contributed by atoms with van der Waals surface area (Å²) in [5.41, 5.74) is 0.494. The molecule has 1 aromatic carbocycles. The predicted octanol–water partition coefficient (Wildman–Crippen LogP) is 1.28. The molecule has 0 saturated heterocycles. The van der Waals surface area contributed by atoms with Crippen molar-refractivity contribution >= 4 is 21.7 Å². The molecule has 0 aliphatic carbocycles. The average molecular weight is 301 g/mol. The van der Waals surface area contributed by atoms with E-state index in [9.17, 15) is 13.2 Å². The quantitative estimate of drug-likeness (QED) is 0.560. The Balaban J connectivity index is 3.02. The van der Waals surface area contributed by atoms with E-state index in [1.807, 2.05) is 0 Å². The monoisotopic (exact) mass is 301 g/mol. The maximum absolute atomic E-state index is 12.2. The van der Waals surface area contributed by atoms with Gasteiger partial charge in [-0.3, -0.25) is 4.31 Å². The molecule has 0 aromatic heterocycles. The molecule has 112 valence electrons. The van der Waals surface area contributed by atoms with Gasteiger partial charge >= 0.3 is 5.97 Å². The molecule has 0 amide bonds. The Hall–Kier alpha value is -1.60. The number of esters is 1. The van der Waals surface area contributed by atoms with Crippen LogP contribution in [0.4, 0.5) is 5.69 Å². The number of nitrogens with zero attached hydrogens (tertiary/aromatic N) is 1. The number of carbonyl (C=O) groups excluding carboxylic acids is 1. The third-order valence-corrected chi connectivity index (χ3v) is 4.47. The van der Waals surface area contributed by atoms with Gasteiger partial charge in [0.15, 0.2) is 0 Å². The van der Waals surface area contributed by atoms with Crippen molar-refractivity contribution in [1.82, 2.24) is 0 Å². The molecular weight excluding hydrogens is 282 g/mol. The van der Waals surface area contributed by atoms with E-state index in [0.29, 0.717) is 6.61 Å². The van der Waals surface area contributed by atoms with E-state index in [4.69, 9.17) is 4.74 Å². The van der Waals surface area contributed by atoms with Crippen LogP contribution < -0.4 is 4.31 Å². The molecule has 0 radical (unpaired) electrons. The Morgan fingerprint density at radius 2 is 1.95 bits per heavy atom. The predicted molar refractivity (Wildman–Crippen MR) is 76.5 cm³/mol. The van der Waals surface area contributed by atoms with Gasteiger partial charge in [0.1, 0.15) is 0 Å². The fourth-order valence-electron chi connectivity index (χ4n) is 1.63. The highest BCUT2D eigenvalue weighted by Gasteiger charge is 2.23. The van der Waals surface area contributed by atoms with E-state index in [1.165, 1.54) is 20.2 Å². The van der Waals surface area contributed by atoms with Gasteiger partial charge in [-0.1, -0.05) is 12.1 Å². The topological polar surface area (TPSA) is 72.9 Å². The standard InChI is InChI=1S/C13H19NO5S/c1-4-19-9-10-20(16,17)14(2)12-8-6-5-7-11(12)13(15)18-3/h5-8H,4,9-10H2,1-3H3. The third kappa shape index (κ3) is 3.94. The van der Waals surface area contributed by atoms with Gasteiger partial charge in [-0.15, -0.1) is 0 Å². The summed E-state index contributed by atoms with van der Waals surface area (Å²) in [5, 5.41) is 0. The van der Waals surface area contributed by atoms with E-state index in [2.05, 4.69) is 4.74 Å². The number of sulfonamides is 1. The summed E-state index contributed by atoms with van der Waals surface area (Å²) in [6.07, 6.45) is 0. The van der Waals surface area contributed by atoms with Crippen molar-refractivity contribution in [2.45, 2.75) is 6.92 Å². The Morgan fingerprint density at radius 1 is 1.30 bits per heavy atom. The molecule has 6 nitrogen and oxygen atoms in total. The van der Waals surface area contributed by atoms with Gasteiger partial charge in [0, 0.05) is 13.7 Å². The molecule has 0 aliphatic heterocycles. The first-order valence-electron chi connectivity index (χ1n) is 6.15. The summed E-state index contributed by atoms with van der Waals surface area (Å²) in [4.78, 5) is 11.7. The van der Waals surface area contributed by atoms with E-state index in [-0.39, 0.29) is 23.6 Å². The maximum atomic E-state index is 12.2. The molecule has 0 atom stereocenters. The van der Waals surface area contributed by atoms with Crippen molar-refractivity contribution in [2.24, 2.45) is 0 Å². The van der Waals surface area contributed by atoms with Crippen LogP contribution in [0, 0.1) is 0 Å². The van der Waals surface area contributed by atoms with Gasteiger partial charge in [-0.25, -0.2) is 13.2 Å². The number of benzene rings is 1. The SMILES string of the molecule is CCOCCS(=O)(=O)N(C)c1ccccc1C(=O)OC. The van der Waals surface area contributed by atoms with Crippen LogP contribution in [0.15, 0.2) is 24.3 Å². The number of anilines is 1. The van der Waals surface area contributed by atoms with Gasteiger partial charge in [-0.2, -0.15) is 0 Å². The van der Waals surface area contributed by atoms with Crippen molar-refractivity contribution in [1.29, 1.82) is 0 Å². The number of hydrogen-bond donors (Lipinski definition) is 0. The lowest BCUT2D eigenvalue weighted by atomic mass is 10.2. The number of hydrogen-bond acceptors (Lipinski definition) is 5. The van der Waals surface area contributed by atoms with Crippen LogP contribution in [0.25, 0.3) is 0 Å². The van der Waals surface area contributed by atoms with E-state index < -0.39 is 16.0 Å². The van der Waals surface area contributed by atoms with E-state index in [1.54, 1.807) is 25.1 Å². The van der Waals surface area contributed by atoms with Gasteiger partial charge in [-0.05, 0) is 19.1 Å². The minimum atomic E-state index is -3.55. The zero-order chi connectivity index (χ0) is 15.2. The lowest BCUT2D eigenvalue weighted by Gasteiger charge is -2.21. The molecule has 0 fully saturated rings. The van der Waals surface area contributed by atoms with Gasteiger partial charge in [0.2, 0.25) is 10.0 Å². The van der Waals surface area contributed by atoms with E-state index >= 15 is 0 Å². The summed E-state index contributed by atoms with van der Waals surface area (Å²) >= 11 is 0. The molecular formula is C13H19NO5S. The van der Waals surface area contributed by atoms with Crippen molar-refractivity contribution in [3.63, 3.8) is 0 Å². The Bertz CT molecular complexity index is 556. The van der Waals surface area contributed by atoms with Crippen LogP contribution in [0.1, 0.15) is 17.3 Å². The molecule has 1 rings (SSSR count). The Labute approximate surface area is 119 Å². The summed E-state index contributed by atoms with van der Waals surface area (Å²) < 4.78 is 35.1. The minimum absolute atomic E-state index is 0.115. The molecule has 0 spiro atoms. The summed E-state index contributed by atoms with van der Waals surface area (Å²) in [6, 6.07) is 6.40. The number of ether oxygens (including phenoxy) is 2. The fourth-order valence-corrected chi connectivity index (χ4v) is 2.69. The molecule has 0 aliphatic rings. The summed E-state index contributed by atoms with van der Waals surface area (Å²) in [7, 11) is -0.891. The highest BCUT2D eigenvalue weighted by atomic mass is 32.2. The first-order valence-corrected chi connectivity index (χ1v) is 7.76. The van der Waals surface area contributed by atoms with Crippen molar-refractivity contribution in [3.05, 3.63) is 29.8 Å². The van der Waals surface area contributed by atoms with Crippen molar-refractivity contribution in [3.8, 4) is 0 Å². The molecule has 0 saturated carbocycles. The second-order valence-corrected chi connectivity index (χ2v) is 6.11. The lowest BCUT2D eigenvalue weighted by Crippen LogP contribution is -2.32. The van der Waals surface area contributed by atoms with E-state index in [0.717, 1.165) is 4.31 Å². The van der Waals surface area contributed by atoms with Crippen LogP contribution in [0.2, 0.25) is 0 Å². The number of rotatable bonds is 7. The molecule has 0 heterocycles. The zero-order valence-electron chi connectivity index (χ0n) is 11.8. The van der Waals surface area contributed by atoms with Gasteiger partial charge in [0.05, 0.1) is 30.7 Å². The Morgan fingerprint density at radius 3 is 2.55 bits per heavy atom. The normalized spacial score (nSPS) is 11.2. The first-order chi connectivity index (χ1) is 9.44. The van der Waals surface area contributed by atoms with Crippen LogP contribution in [0.5, 0.6) is 0 Å². The number of methoxy groups -OCH3 is 1. The average Bonchev–Trinajstić information content (AvgIpc) is 2.45. The largest absolute Gasteiger partial charge is 0.465 e. The molecule has 0 bridgehead atoms. The van der Waals surface area contributed by atoms with Crippen molar-refractivity contribution < 1.29 is 22.7 Å². The third-order valence-electron chi connectivity index (χ3n) is 2.76. The van der Waals surface area contributed by atoms with Crippen LogP contribution in [-0.4, -0.2) is 47.5 Å². The van der Waals surface area contributed by atoms with Crippen molar-refractivity contribution in [2.75, 3.05) is 37.4 Å². The number of carbonyl (C=O) groups is 1. The zero-order valence-corrected chi connectivity index (χ0v) is 12.6. The molecule has 0 N–H and O–H groups in total. The molecule has 20 heavy (non-hydrogen) atoms. The summed E-state index contributed by atoms with van der Waals surface area (Å²) in [5.74, 6) is -0.722.